The molecule has 3 N–H and O–H groups in total. The number of aromatic nitrogens is 2. The lowest BCUT2D eigenvalue weighted by Crippen LogP contribution is -2.52. The van der Waals surface area contributed by atoms with E-state index in [1.165, 1.54) is 0 Å². The Kier molecular flexibility index (Phi) is 4.60. The van der Waals surface area contributed by atoms with Gasteiger partial charge in [0.05, 0.1) is 31.0 Å². The summed E-state index contributed by atoms with van der Waals surface area (Å²) in [5.74, 6) is -0.114. The smallest absolute Gasteiger partial charge is 0.322 e. The van der Waals surface area contributed by atoms with Gasteiger partial charge in [0, 0.05) is 12.1 Å². The topological polar surface area (TPSA) is 116 Å². The Hall–Kier alpha value is -4.66. The van der Waals surface area contributed by atoms with Crippen LogP contribution < -0.4 is 15.4 Å². The molecule has 3 aromatic carbocycles. The zero-order valence-electron chi connectivity index (χ0n) is 18.8. The van der Waals surface area contributed by atoms with Gasteiger partial charge in [-0.3, -0.25) is 14.9 Å². The summed E-state index contributed by atoms with van der Waals surface area (Å²) in [7, 11) is 1.54. The van der Waals surface area contributed by atoms with Crippen molar-refractivity contribution in [3.63, 3.8) is 0 Å². The fourth-order valence-corrected chi connectivity index (χ4v) is 4.84. The third-order valence-corrected chi connectivity index (χ3v) is 6.70. The van der Waals surface area contributed by atoms with Crippen molar-refractivity contribution in [2.24, 2.45) is 0 Å². The Bertz CT molecular complexity index is 1510. The van der Waals surface area contributed by atoms with E-state index in [4.69, 9.17) is 4.74 Å². The van der Waals surface area contributed by atoms with E-state index in [1.807, 2.05) is 48.5 Å². The molecule has 2 aliphatic heterocycles. The number of hydrogen-bond donors (Lipinski definition) is 3. The maximum Gasteiger partial charge on any atom is 0.322 e. The number of benzene rings is 3. The number of carbonyl (C=O) groups is 3. The van der Waals surface area contributed by atoms with Gasteiger partial charge in [0.25, 0.3) is 11.8 Å². The van der Waals surface area contributed by atoms with Crippen molar-refractivity contribution in [1.82, 2.24) is 25.5 Å². The van der Waals surface area contributed by atoms with Gasteiger partial charge in [-0.1, -0.05) is 36.4 Å². The average Bonchev–Trinajstić information content (AvgIpc) is 3.55. The van der Waals surface area contributed by atoms with Crippen LogP contribution in [0.3, 0.4) is 0 Å². The van der Waals surface area contributed by atoms with Crippen LogP contribution in [0.15, 0.2) is 67.0 Å². The Morgan fingerprint density at radius 1 is 1.00 bits per heavy atom. The van der Waals surface area contributed by atoms with Crippen molar-refractivity contribution in [2.75, 3.05) is 13.7 Å². The van der Waals surface area contributed by atoms with Crippen molar-refractivity contribution >= 4 is 28.9 Å². The van der Waals surface area contributed by atoms with E-state index in [1.54, 1.807) is 30.5 Å². The molecule has 9 nitrogen and oxygen atoms in total. The molecule has 1 atom stereocenters. The second-order valence-electron chi connectivity index (χ2n) is 8.71. The minimum atomic E-state index is -1.40. The molecule has 0 bridgehead atoms. The molecule has 4 aromatic rings. The van der Waals surface area contributed by atoms with Crippen LogP contribution in [0.25, 0.3) is 22.2 Å². The van der Waals surface area contributed by atoms with Crippen LogP contribution in [0.1, 0.15) is 21.5 Å². The summed E-state index contributed by atoms with van der Waals surface area (Å²) in [5.41, 5.74) is 4.31. The summed E-state index contributed by atoms with van der Waals surface area (Å²) < 4.78 is 5.25. The number of rotatable bonds is 5. The van der Waals surface area contributed by atoms with Gasteiger partial charge in [0.1, 0.15) is 5.75 Å². The van der Waals surface area contributed by atoms with E-state index in [9.17, 15) is 14.4 Å². The molecule has 1 saturated heterocycles. The zero-order chi connectivity index (χ0) is 24.2. The molecule has 4 amide bonds. The lowest BCUT2D eigenvalue weighted by atomic mass is 9.88. The number of nitrogens with one attached hydrogen (secondary N) is 3. The number of nitrogens with zero attached hydrogens (tertiary/aromatic N) is 2. The fraction of sp³-hybridized carbons (Fsp3) is 0.154. The fourth-order valence-electron chi connectivity index (χ4n) is 4.84. The SMILES string of the molecule is COc1ccc2c(c1)C(=O)N(C[C@]1(c3ccc(-c4ccc5nc[nH]c5c4)cc3)NC(=O)NC1=O)C2. The standard InChI is InChI=1S/C26H21N5O4/c1-35-19-8-4-17-12-31(23(32)20(17)11-19)13-26(24(33)29-25(34)30-26)18-6-2-15(3-7-18)16-5-9-21-22(10-16)28-14-27-21/h2-11,14H,12-13H2,1H3,(H,27,28)(H2,29,30,33,34)/t26-/m1/s1. The second kappa shape index (κ2) is 7.69. The number of carbonyl (C=O) groups excluding carboxylic acids is 3. The summed E-state index contributed by atoms with van der Waals surface area (Å²) in [6, 6.07) is 18.1. The van der Waals surface area contributed by atoms with Crippen LogP contribution >= 0.6 is 0 Å². The van der Waals surface area contributed by atoms with Crippen LogP contribution in [-0.4, -0.2) is 46.4 Å². The van der Waals surface area contributed by atoms with Crippen molar-refractivity contribution in [3.05, 3.63) is 83.7 Å². The Labute approximate surface area is 200 Å². The molecule has 174 valence electrons. The summed E-state index contributed by atoms with van der Waals surface area (Å²) in [6.07, 6.45) is 1.65. The molecule has 1 fully saturated rings. The first-order valence-corrected chi connectivity index (χ1v) is 11.1. The minimum absolute atomic E-state index is 0.000146. The predicted molar refractivity (Wildman–Crippen MR) is 128 cm³/mol. The van der Waals surface area contributed by atoms with Gasteiger partial charge in [-0.05, 0) is 46.5 Å². The van der Waals surface area contributed by atoms with Gasteiger partial charge in [-0.15, -0.1) is 0 Å². The number of methoxy groups -OCH3 is 1. The molecular formula is C26H21N5O4. The van der Waals surface area contributed by atoms with Crippen LogP contribution in [0, 0.1) is 0 Å². The number of hydrogen-bond acceptors (Lipinski definition) is 5. The summed E-state index contributed by atoms with van der Waals surface area (Å²) in [5, 5.41) is 5.12. The maximum absolute atomic E-state index is 13.2. The Morgan fingerprint density at radius 2 is 1.80 bits per heavy atom. The van der Waals surface area contributed by atoms with Crippen LogP contribution in [0.5, 0.6) is 5.75 Å². The van der Waals surface area contributed by atoms with Crippen LogP contribution in [0.2, 0.25) is 0 Å². The zero-order valence-corrected chi connectivity index (χ0v) is 18.8. The number of amides is 4. The van der Waals surface area contributed by atoms with E-state index in [2.05, 4.69) is 20.6 Å². The van der Waals surface area contributed by atoms with Crippen molar-refractivity contribution in [2.45, 2.75) is 12.1 Å². The van der Waals surface area contributed by atoms with Gasteiger partial charge < -0.3 is 19.9 Å². The molecule has 0 spiro atoms. The van der Waals surface area contributed by atoms with Gasteiger partial charge >= 0.3 is 6.03 Å². The Balaban J connectivity index is 1.33. The molecule has 1 aromatic heterocycles. The van der Waals surface area contributed by atoms with E-state index in [0.29, 0.717) is 23.4 Å². The number of urea groups is 1. The summed E-state index contributed by atoms with van der Waals surface area (Å²) in [6.45, 7) is 0.338. The first-order chi connectivity index (χ1) is 17.0. The number of aromatic amines is 1. The summed E-state index contributed by atoms with van der Waals surface area (Å²) in [4.78, 5) is 47.4. The van der Waals surface area contributed by atoms with Crippen LogP contribution in [0.4, 0.5) is 4.79 Å². The second-order valence-corrected chi connectivity index (χ2v) is 8.71. The third-order valence-electron chi connectivity index (χ3n) is 6.70. The lowest BCUT2D eigenvalue weighted by molar-refractivity contribution is -0.124. The molecule has 0 saturated carbocycles. The average molecular weight is 467 g/mol. The normalized spacial score (nSPS) is 19.1. The molecule has 0 radical (unpaired) electrons. The molecule has 35 heavy (non-hydrogen) atoms. The molecule has 3 heterocycles. The van der Waals surface area contributed by atoms with E-state index >= 15 is 0 Å². The molecule has 0 aliphatic carbocycles. The van der Waals surface area contributed by atoms with E-state index in [-0.39, 0.29) is 12.5 Å². The number of imidazole rings is 1. The number of imide groups is 1. The van der Waals surface area contributed by atoms with Gasteiger partial charge in [0.15, 0.2) is 5.54 Å². The van der Waals surface area contributed by atoms with Crippen molar-refractivity contribution in [1.29, 1.82) is 0 Å². The highest BCUT2D eigenvalue weighted by Gasteiger charge is 2.50. The van der Waals surface area contributed by atoms with E-state index < -0.39 is 17.5 Å². The van der Waals surface area contributed by atoms with E-state index in [0.717, 1.165) is 27.7 Å². The Morgan fingerprint density at radius 3 is 2.54 bits per heavy atom. The number of ether oxygens (including phenoxy) is 1. The maximum atomic E-state index is 13.2. The molecule has 2 aliphatic rings. The monoisotopic (exact) mass is 467 g/mol. The van der Waals surface area contributed by atoms with Crippen LogP contribution in [-0.2, 0) is 16.9 Å². The third kappa shape index (κ3) is 3.31. The van der Waals surface area contributed by atoms with Gasteiger partial charge in [-0.25, -0.2) is 9.78 Å². The highest BCUT2D eigenvalue weighted by Crippen LogP contribution is 2.33. The first-order valence-electron chi connectivity index (χ1n) is 11.1. The minimum Gasteiger partial charge on any atom is -0.497 e. The molecule has 9 heteroatoms. The summed E-state index contributed by atoms with van der Waals surface area (Å²) >= 11 is 0. The number of H-pyrrole nitrogens is 1. The predicted octanol–water partition coefficient (Wildman–Crippen LogP) is 2.93. The van der Waals surface area contributed by atoms with Crippen molar-refractivity contribution in [3.8, 4) is 16.9 Å². The number of fused-ring (bicyclic) bond motifs is 2. The largest absolute Gasteiger partial charge is 0.497 e. The van der Waals surface area contributed by atoms with Gasteiger partial charge in [-0.2, -0.15) is 0 Å². The van der Waals surface area contributed by atoms with Crippen molar-refractivity contribution < 1.29 is 19.1 Å². The molecule has 6 rings (SSSR count). The highest BCUT2D eigenvalue weighted by molar-refractivity contribution is 6.08. The van der Waals surface area contributed by atoms with Gasteiger partial charge in [0.2, 0.25) is 0 Å². The molecular weight excluding hydrogens is 446 g/mol. The molecule has 0 unspecified atom stereocenters. The highest BCUT2D eigenvalue weighted by atomic mass is 16.5. The first kappa shape index (κ1) is 20.9. The lowest BCUT2D eigenvalue weighted by Gasteiger charge is -2.31. The quantitative estimate of drug-likeness (QED) is 0.390.